The topological polar surface area (TPSA) is 46.0 Å². The highest BCUT2D eigenvalue weighted by atomic mass is 16.4. The van der Waals surface area contributed by atoms with Gasteiger partial charge in [-0.2, -0.15) is 0 Å². The van der Waals surface area contributed by atoms with Crippen molar-refractivity contribution in [3.05, 3.63) is 46.1 Å². The molecule has 0 fully saturated rings. The lowest BCUT2D eigenvalue weighted by atomic mass is 10.0. The van der Waals surface area contributed by atoms with Crippen LogP contribution >= 0.6 is 0 Å². The van der Waals surface area contributed by atoms with Gasteiger partial charge in [-0.25, -0.2) is 4.79 Å². The molecule has 0 atom stereocenters. The van der Waals surface area contributed by atoms with E-state index in [4.69, 9.17) is 4.42 Å². The summed E-state index contributed by atoms with van der Waals surface area (Å²) in [5.74, 6) is 0.333. The maximum absolute atomic E-state index is 11.1. The van der Waals surface area contributed by atoms with E-state index < -0.39 is 0 Å². The van der Waals surface area contributed by atoms with Gasteiger partial charge in [0.25, 0.3) is 0 Å². The lowest BCUT2D eigenvalue weighted by molar-refractivity contribution is 0.474. The van der Waals surface area contributed by atoms with Crippen molar-refractivity contribution in [2.75, 3.05) is 0 Å². The van der Waals surface area contributed by atoms with Crippen LogP contribution in [0.2, 0.25) is 0 Å². The third-order valence-corrected chi connectivity index (χ3v) is 2.46. The second kappa shape index (κ2) is 3.77. The molecule has 0 aliphatic rings. The van der Waals surface area contributed by atoms with Crippen LogP contribution < -0.4 is 5.76 Å². The summed E-state index contributed by atoms with van der Waals surface area (Å²) in [6.45, 7) is 3.98. The van der Waals surface area contributed by atoms with Crippen molar-refractivity contribution in [3.8, 4) is 11.3 Å². The van der Waals surface area contributed by atoms with Crippen molar-refractivity contribution >= 4 is 0 Å². The molecular weight excluding hydrogens is 190 g/mol. The van der Waals surface area contributed by atoms with Gasteiger partial charge in [-0.3, -0.25) is 4.98 Å². The third kappa shape index (κ3) is 1.73. The quantitative estimate of drug-likeness (QED) is 0.815. The highest BCUT2D eigenvalue weighted by Gasteiger charge is 2.11. The van der Waals surface area contributed by atoms with Gasteiger partial charge in [-0.15, -0.1) is 0 Å². The van der Waals surface area contributed by atoms with E-state index in [1.54, 1.807) is 0 Å². The Kier molecular flexibility index (Phi) is 2.46. The minimum Gasteiger partial charge on any atom is -0.412 e. The van der Waals surface area contributed by atoms with Gasteiger partial charge >= 0.3 is 5.76 Å². The Morgan fingerprint density at radius 1 is 1.33 bits per heavy atom. The van der Waals surface area contributed by atoms with Gasteiger partial charge < -0.3 is 4.42 Å². The normalized spacial score (nSPS) is 10.5. The standard InChI is InChI=1S/C12H13NO2/c1-3-10-11(13-12(14)15-10)9-7-5-4-6-8(9)2/h4-7H,3H2,1-2H3,(H,13,14). The fourth-order valence-corrected chi connectivity index (χ4v) is 1.68. The zero-order valence-electron chi connectivity index (χ0n) is 8.83. The molecule has 2 rings (SSSR count). The predicted octanol–water partition coefficient (Wildman–Crippen LogP) is 2.51. The SMILES string of the molecule is CCc1oc(=O)[nH]c1-c1ccccc1C. The van der Waals surface area contributed by atoms with Crippen LogP contribution in [0.1, 0.15) is 18.2 Å². The second-order valence-electron chi connectivity index (χ2n) is 3.48. The Morgan fingerprint density at radius 2 is 2.07 bits per heavy atom. The van der Waals surface area contributed by atoms with E-state index >= 15 is 0 Å². The molecule has 0 radical (unpaired) electrons. The fourth-order valence-electron chi connectivity index (χ4n) is 1.68. The van der Waals surface area contributed by atoms with Crippen LogP contribution in [0.5, 0.6) is 0 Å². The predicted molar refractivity (Wildman–Crippen MR) is 58.9 cm³/mol. The van der Waals surface area contributed by atoms with E-state index in [9.17, 15) is 4.79 Å². The van der Waals surface area contributed by atoms with Gasteiger partial charge in [0, 0.05) is 12.0 Å². The number of H-pyrrole nitrogens is 1. The molecule has 0 amide bonds. The average molecular weight is 203 g/mol. The molecule has 0 unspecified atom stereocenters. The van der Waals surface area contributed by atoms with Crippen molar-refractivity contribution in [1.82, 2.24) is 4.98 Å². The molecule has 3 nitrogen and oxygen atoms in total. The number of hydrogen-bond acceptors (Lipinski definition) is 2. The van der Waals surface area contributed by atoms with Crippen molar-refractivity contribution in [3.63, 3.8) is 0 Å². The maximum Gasteiger partial charge on any atom is 0.416 e. The lowest BCUT2D eigenvalue weighted by Crippen LogP contribution is -1.95. The smallest absolute Gasteiger partial charge is 0.412 e. The van der Waals surface area contributed by atoms with Crippen LogP contribution in [0.15, 0.2) is 33.5 Å². The van der Waals surface area contributed by atoms with E-state index in [2.05, 4.69) is 4.98 Å². The average Bonchev–Trinajstić information content (AvgIpc) is 2.60. The van der Waals surface area contributed by atoms with Crippen molar-refractivity contribution in [2.24, 2.45) is 0 Å². The summed E-state index contributed by atoms with van der Waals surface area (Å²) in [5, 5.41) is 0. The zero-order valence-corrected chi connectivity index (χ0v) is 8.83. The molecule has 0 saturated heterocycles. The van der Waals surface area contributed by atoms with Crippen LogP contribution in [0.25, 0.3) is 11.3 Å². The van der Waals surface area contributed by atoms with Gasteiger partial charge in [0.15, 0.2) is 0 Å². The van der Waals surface area contributed by atoms with E-state index in [0.717, 1.165) is 16.8 Å². The molecule has 1 aromatic carbocycles. The van der Waals surface area contributed by atoms with Crippen LogP contribution in [0.4, 0.5) is 0 Å². The van der Waals surface area contributed by atoms with Gasteiger partial charge in [-0.1, -0.05) is 31.2 Å². The lowest BCUT2D eigenvalue weighted by Gasteiger charge is -2.03. The second-order valence-corrected chi connectivity index (χ2v) is 3.48. The first-order chi connectivity index (χ1) is 7.22. The molecule has 1 N–H and O–H groups in total. The fraction of sp³-hybridized carbons (Fsp3) is 0.250. The number of oxazole rings is 1. The number of benzene rings is 1. The number of aromatic nitrogens is 1. The zero-order chi connectivity index (χ0) is 10.8. The molecule has 0 saturated carbocycles. The summed E-state index contributed by atoms with van der Waals surface area (Å²) in [5.41, 5.74) is 2.96. The molecule has 1 aromatic heterocycles. The molecule has 0 spiro atoms. The summed E-state index contributed by atoms with van der Waals surface area (Å²) in [6, 6.07) is 7.92. The first-order valence-corrected chi connectivity index (χ1v) is 5.00. The summed E-state index contributed by atoms with van der Waals surface area (Å²) in [7, 11) is 0. The minimum absolute atomic E-state index is 0.384. The van der Waals surface area contributed by atoms with Crippen molar-refractivity contribution in [1.29, 1.82) is 0 Å². The van der Waals surface area contributed by atoms with E-state index in [1.165, 1.54) is 0 Å². The number of rotatable bonds is 2. The highest BCUT2D eigenvalue weighted by Crippen LogP contribution is 2.23. The largest absolute Gasteiger partial charge is 0.416 e. The van der Waals surface area contributed by atoms with Crippen molar-refractivity contribution < 1.29 is 4.42 Å². The van der Waals surface area contributed by atoms with Crippen LogP contribution in [-0.2, 0) is 6.42 Å². The molecule has 3 heteroatoms. The van der Waals surface area contributed by atoms with E-state index in [-0.39, 0.29) is 5.76 Å². The molecule has 1 heterocycles. The Labute approximate surface area is 87.8 Å². The van der Waals surface area contributed by atoms with Gasteiger partial charge in [0.05, 0.1) is 5.69 Å². The maximum atomic E-state index is 11.1. The molecule has 2 aromatic rings. The molecule has 0 aliphatic carbocycles. The van der Waals surface area contributed by atoms with Gasteiger partial charge in [0.2, 0.25) is 0 Å². The Balaban J connectivity index is 2.63. The first kappa shape index (κ1) is 9.77. The van der Waals surface area contributed by atoms with E-state index in [0.29, 0.717) is 12.2 Å². The summed E-state index contributed by atoms with van der Waals surface area (Å²) in [4.78, 5) is 13.9. The molecule has 0 bridgehead atoms. The summed E-state index contributed by atoms with van der Waals surface area (Å²) < 4.78 is 5.06. The third-order valence-electron chi connectivity index (χ3n) is 2.46. The molecule has 15 heavy (non-hydrogen) atoms. The Bertz CT molecular complexity index is 522. The first-order valence-electron chi connectivity index (χ1n) is 5.00. The summed E-state index contributed by atoms with van der Waals surface area (Å²) >= 11 is 0. The Morgan fingerprint density at radius 3 is 2.73 bits per heavy atom. The van der Waals surface area contributed by atoms with Crippen LogP contribution in [-0.4, -0.2) is 4.98 Å². The summed E-state index contributed by atoms with van der Waals surface area (Å²) in [6.07, 6.45) is 0.711. The van der Waals surface area contributed by atoms with Gasteiger partial charge in [0.1, 0.15) is 5.76 Å². The Hall–Kier alpha value is -1.77. The number of hydrogen-bond donors (Lipinski definition) is 1. The molecule has 0 aliphatic heterocycles. The number of nitrogens with one attached hydrogen (secondary N) is 1. The van der Waals surface area contributed by atoms with Crippen molar-refractivity contribution in [2.45, 2.75) is 20.3 Å². The molecular formula is C12H13NO2. The number of aromatic amines is 1. The number of aryl methyl sites for hydroxylation is 2. The molecule has 78 valence electrons. The minimum atomic E-state index is -0.384. The monoisotopic (exact) mass is 203 g/mol. The van der Waals surface area contributed by atoms with E-state index in [1.807, 2.05) is 38.1 Å². The highest BCUT2D eigenvalue weighted by molar-refractivity contribution is 5.64. The van der Waals surface area contributed by atoms with Gasteiger partial charge in [-0.05, 0) is 12.5 Å². The van der Waals surface area contributed by atoms with Crippen LogP contribution in [0.3, 0.4) is 0 Å². The van der Waals surface area contributed by atoms with Crippen LogP contribution in [0, 0.1) is 6.92 Å².